The molecule has 6 heteroatoms. The lowest BCUT2D eigenvalue weighted by atomic mass is 9.97. The van der Waals surface area contributed by atoms with E-state index in [1.54, 1.807) is 4.31 Å². The molecule has 0 aromatic heterocycles. The molecule has 1 aromatic carbocycles. The quantitative estimate of drug-likeness (QED) is 0.793. The maximum absolute atomic E-state index is 12.6. The van der Waals surface area contributed by atoms with Gasteiger partial charge in [0, 0.05) is 25.0 Å². The molecule has 1 aliphatic heterocycles. The number of benzene rings is 1. The third kappa shape index (κ3) is 5.30. The molecule has 26 heavy (non-hydrogen) atoms. The molecule has 0 bridgehead atoms. The molecule has 0 atom stereocenters. The Labute approximate surface area is 157 Å². The lowest BCUT2D eigenvalue weighted by Gasteiger charge is -2.31. The zero-order chi connectivity index (χ0) is 18.4. The molecule has 1 saturated heterocycles. The van der Waals surface area contributed by atoms with Gasteiger partial charge in [-0.1, -0.05) is 43.2 Å². The van der Waals surface area contributed by atoms with Gasteiger partial charge < -0.3 is 5.32 Å². The van der Waals surface area contributed by atoms with Crippen molar-refractivity contribution in [3.63, 3.8) is 0 Å². The number of hydrogen-bond acceptors (Lipinski definition) is 3. The van der Waals surface area contributed by atoms with Crippen LogP contribution in [-0.2, 0) is 21.2 Å². The van der Waals surface area contributed by atoms with E-state index in [0.717, 1.165) is 19.3 Å². The van der Waals surface area contributed by atoms with Crippen LogP contribution in [-0.4, -0.2) is 43.5 Å². The molecule has 1 saturated carbocycles. The van der Waals surface area contributed by atoms with Crippen LogP contribution >= 0.6 is 0 Å². The van der Waals surface area contributed by atoms with Crippen LogP contribution in [0.5, 0.6) is 0 Å². The average molecular weight is 379 g/mol. The predicted octanol–water partition coefficient (Wildman–Crippen LogP) is 2.72. The summed E-state index contributed by atoms with van der Waals surface area (Å²) in [7, 11) is -3.22. The maximum Gasteiger partial charge on any atom is 0.223 e. The molecule has 0 radical (unpaired) electrons. The molecule has 1 aromatic rings. The summed E-state index contributed by atoms with van der Waals surface area (Å²) in [6, 6.07) is 10.3. The van der Waals surface area contributed by atoms with Crippen LogP contribution in [0.15, 0.2) is 30.3 Å². The van der Waals surface area contributed by atoms with Gasteiger partial charge >= 0.3 is 0 Å². The SMILES string of the molecule is O=C(NC1CCCC1)C1CCN(S(=O)(=O)CCCc2ccccc2)CC1. The van der Waals surface area contributed by atoms with E-state index in [0.29, 0.717) is 38.4 Å². The van der Waals surface area contributed by atoms with Crippen LogP contribution in [0.25, 0.3) is 0 Å². The van der Waals surface area contributed by atoms with Crippen molar-refractivity contribution in [1.82, 2.24) is 9.62 Å². The number of carbonyl (C=O) groups excluding carboxylic acids is 1. The second-order valence-electron chi connectivity index (χ2n) is 7.57. The summed E-state index contributed by atoms with van der Waals surface area (Å²) in [5, 5.41) is 3.15. The topological polar surface area (TPSA) is 66.5 Å². The summed E-state index contributed by atoms with van der Waals surface area (Å²) in [6.07, 6.45) is 7.25. The molecule has 0 unspecified atom stereocenters. The zero-order valence-electron chi connectivity index (χ0n) is 15.4. The molecule has 1 N–H and O–H groups in total. The molecule has 1 amide bonds. The van der Waals surface area contributed by atoms with Crippen molar-refractivity contribution in [3.05, 3.63) is 35.9 Å². The monoisotopic (exact) mass is 378 g/mol. The first-order chi connectivity index (χ1) is 12.5. The minimum absolute atomic E-state index is 0.0358. The summed E-state index contributed by atoms with van der Waals surface area (Å²) in [5.74, 6) is 0.269. The number of aryl methyl sites for hydroxylation is 1. The number of hydrogen-bond donors (Lipinski definition) is 1. The van der Waals surface area contributed by atoms with Crippen molar-refractivity contribution in [2.45, 2.75) is 57.4 Å². The van der Waals surface area contributed by atoms with Crippen molar-refractivity contribution >= 4 is 15.9 Å². The fourth-order valence-corrected chi connectivity index (χ4v) is 5.55. The summed E-state index contributed by atoms with van der Waals surface area (Å²) in [6.45, 7) is 0.937. The highest BCUT2D eigenvalue weighted by atomic mass is 32.2. The Bertz CT molecular complexity index is 676. The Kier molecular flexibility index (Phi) is 6.70. The van der Waals surface area contributed by atoms with Crippen LogP contribution < -0.4 is 5.32 Å². The number of rotatable bonds is 7. The Hall–Kier alpha value is -1.40. The average Bonchev–Trinajstić information content (AvgIpc) is 3.15. The van der Waals surface area contributed by atoms with Gasteiger partial charge in [-0.3, -0.25) is 4.79 Å². The highest BCUT2D eigenvalue weighted by Gasteiger charge is 2.31. The number of piperidine rings is 1. The maximum atomic E-state index is 12.6. The zero-order valence-corrected chi connectivity index (χ0v) is 16.2. The fraction of sp³-hybridized carbons (Fsp3) is 0.650. The van der Waals surface area contributed by atoms with Crippen LogP contribution in [0.4, 0.5) is 0 Å². The van der Waals surface area contributed by atoms with Crippen molar-refractivity contribution in [3.8, 4) is 0 Å². The minimum atomic E-state index is -3.22. The third-order valence-corrected chi connectivity index (χ3v) is 7.59. The summed E-state index contributed by atoms with van der Waals surface area (Å²) in [5.41, 5.74) is 1.17. The van der Waals surface area contributed by atoms with E-state index >= 15 is 0 Å². The molecule has 2 fully saturated rings. The number of amides is 1. The van der Waals surface area contributed by atoms with Gasteiger partial charge in [-0.05, 0) is 44.1 Å². The Morgan fingerprint density at radius 3 is 2.35 bits per heavy atom. The predicted molar refractivity (Wildman–Crippen MR) is 103 cm³/mol. The summed E-state index contributed by atoms with van der Waals surface area (Å²) >= 11 is 0. The smallest absolute Gasteiger partial charge is 0.223 e. The molecule has 3 rings (SSSR count). The molecule has 1 heterocycles. The van der Waals surface area contributed by atoms with E-state index < -0.39 is 10.0 Å². The minimum Gasteiger partial charge on any atom is -0.353 e. The Morgan fingerprint density at radius 2 is 1.69 bits per heavy atom. The lowest BCUT2D eigenvalue weighted by molar-refractivity contribution is -0.126. The van der Waals surface area contributed by atoms with Gasteiger partial charge in [0.2, 0.25) is 15.9 Å². The highest BCUT2D eigenvalue weighted by molar-refractivity contribution is 7.89. The van der Waals surface area contributed by atoms with Gasteiger partial charge in [0.05, 0.1) is 5.75 Å². The Balaban J connectivity index is 1.42. The van der Waals surface area contributed by atoms with E-state index in [2.05, 4.69) is 5.32 Å². The van der Waals surface area contributed by atoms with Crippen LogP contribution in [0.3, 0.4) is 0 Å². The molecule has 2 aliphatic rings. The standard InChI is InChI=1S/C20H30N2O3S/c23-20(21-19-10-4-5-11-19)18-12-14-22(15-13-18)26(24,25)16-6-9-17-7-2-1-3-8-17/h1-3,7-8,18-19H,4-6,9-16H2,(H,21,23). The van der Waals surface area contributed by atoms with Gasteiger partial charge in [0.1, 0.15) is 0 Å². The number of sulfonamides is 1. The molecule has 144 valence electrons. The van der Waals surface area contributed by atoms with Gasteiger partial charge in [0.25, 0.3) is 0 Å². The normalized spacial score (nSPS) is 20.3. The number of nitrogens with zero attached hydrogens (tertiary/aromatic N) is 1. The first kappa shape index (κ1) is 19.4. The fourth-order valence-electron chi connectivity index (χ4n) is 4.02. The van der Waals surface area contributed by atoms with Crippen LogP contribution in [0.2, 0.25) is 0 Å². The van der Waals surface area contributed by atoms with Crippen molar-refractivity contribution in [2.75, 3.05) is 18.8 Å². The molecular weight excluding hydrogens is 348 g/mol. The van der Waals surface area contributed by atoms with E-state index in [1.807, 2.05) is 30.3 Å². The van der Waals surface area contributed by atoms with E-state index in [1.165, 1.54) is 18.4 Å². The van der Waals surface area contributed by atoms with E-state index in [4.69, 9.17) is 0 Å². The molecule has 5 nitrogen and oxygen atoms in total. The third-order valence-electron chi connectivity index (χ3n) is 5.63. The van der Waals surface area contributed by atoms with Crippen LogP contribution in [0.1, 0.15) is 50.5 Å². The van der Waals surface area contributed by atoms with Crippen molar-refractivity contribution in [1.29, 1.82) is 0 Å². The van der Waals surface area contributed by atoms with E-state index in [9.17, 15) is 13.2 Å². The first-order valence-electron chi connectivity index (χ1n) is 9.87. The van der Waals surface area contributed by atoms with Gasteiger partial charge in [-0.15, -0.1) is 0 Å². The van der Waals surface area contributed by atoms with Gasteiger partial charge in [0.15, 0.2) is 0 Å². The molecule has 1 aliphatic carbocycles. The van der Waals surface area contributed by atoms with E-state index in [-0.39, 0.29) is 17.6 Å². The van der Waals surface area contributed by atoms with Crippen LogP contribution in [0, 0.1) is 5.92 Å². The van der Waals surface area contributed by atoms with Gasteiger partial charge in [-0.2, -0.15) is 0 Å². The first-order valence-corrected chi connectivity index (χ1v) is 11.5. The second kappa shape index (κ2) is 9.00. The van der Waals surface area contributed by atoms with Crippen molar-refractivity contribution < 1.29 is 13.2 Å². The number of carbonyl (C=O) groups is 1. The second-order valence-corrected chi connectivity index (χ2v) is 9.66. The highest BCUT2D eigenvalue weighted by Crippen LogP contribution is 2.23. The largest absolute Gasteiger partial charge is 0.353 e. The Morgan fingerprint density at radius 1 is 1.04 bits per heavy atom. The summed E-state index contributed by atoms with van der Waals surface area (Å²) < 4.78 is 26.7. The number of nitrogens with one attached hydrogen (secondary N) is 1. The van der Waals surface area contributed by atoms with Crippen molar-refractivity contribution in [2.24, 2.45) is 5.92 Å². The lowest BCUT2D eigenvalue weighted by Crippen LogP contribution is -2.45. The molecule has 0 spiro atoms. The van der Waals surface area contributed by atoms with Gasteiger partial charge in [-0.25, -0.2) is 12.7 Å². The molecular formula is C20H30N2O3S. The summed E-state index contributed by atoms with van der Waals surface area (Å²) in [4.78, 5) is 12.4.